The SMILES string of the molecule is O=C(OC1CCC(C2CCCCC2)CC1)C1CCC(C#CC2CCCCC2)CC1. The number of carbonyl (C=O) groups is 1. The Morgan fingerprint density at radius 1 is 0.552 bits per heavy atom. The van der Waals surface area contributed by atoms with E-state index in [0.717, 1.165) is 50.4 Å². The smallest absolute Gasteiger partial charge is 0.309 e. The van der Waals surface area contributed by atoms with Gasteiger partial charge in [0.2, 0.25) is 0 Å². The zero-order valence-electron chi connectivity index (χ0n) is 18.5. The van der Waals surface area contributed by atoms with E-state index in [-0.39, 0.29) is 18.0 Å². The Bertz CT molecular complexity index is 557. The van der Waals surface area contributed by atoms with Crippen LogP contribution in [0.15, 0.2) is 0 Å². The third-order valence-corrected chi connectivity index (χ3v) is 8.48. The molecular weight excluding hydrogens is 356 g/mol. The summed E-state index contributed by atoms with van der Waals surface area (Å²) in [6.45, 7) is 0. The van der Waals surface area contributed by atoms with Gasteiger partial charge in [-0.15, -0.1) is 0 Å². The minimum atomic E-state index is 0.102. The molecule has 4 saturated carbocycles. The molecule has 0 radical (unpaired) electrons. The van der Waals surface area contributed by atoms with Gasteiger partial charge in [-0.1, -0.05) is 63.2 Å². The topological polar surface area (TPSA) is 26.3 Å². The minimum absolute atomic E-state index is 0.102. The molecule has 0 aromatic heterocycles. The zero-order chi connectivity index (χ0) is 19.9. The quantitative estimate of drug-likeness (QED) is 0.376. The molecule has 0 aromatic carbocycles. The fourth-order valence-electron chi connectivity index (χ4n) is 6.50. The van der Waals surface area contributed by atoms with E-state index in [1.807, 2.05) is 0 Å². The lowest BCUT2D eigenvalue weighted by atomic mass is 9.73. The average molecular weight is 399 g/mol. The Balaban J connectivity index is 1.14. The van der Waals surface area contributed by atoms with Crippen molar-refractivity contribution in [2.24, 2.45) is 29.6 Å². The molecule has 0 saturated heterocycles. The molecule has 162 valence electrons. The zero-order valence-corrected chi connectivity index (χ0v) is 18.5. The van der Waals surface area contributed by atoms with Crippen LogP contribution >= 0.6 is 0 Å². The molecule has 29 heavy (non-hydrogen) atoms. The number of carbonyl (C=O) groups excluding carboxylic acids is 1. The Labute approximate surface area is 178 Å². The van der Waals surface area contributed by atoms with Crippen LogP contribution in [-0.2, 0) is 9.53 Å². The average Bonchev–Trinajstić information content (AvgIpc) is 2.80. The monoisotopic (exact) mass is 398 g/mol. The molecule has 4 fully saturated rings. The first kappa shape index (κ1) is 21.3. The highest BCUT2D eigenvalue weighted by atomic mass is 16.5. The van der Waals surface area contributed by atoms with Crippen molar-refractivity contribution in [3.63, 3.8) is 0 Å². The van der Waals surface area contributed by atoms with Gasteiger partial charge < -0.3 is 4.74 Å². The fraction of sp³-hybridized carbons (Fsp3) is 0.889. The standard InChI is InChI=1S/C27H42O2/c28-27(29-26-19-17-24(18-20-26)23-9-5-2-6-10-23)25-15-13-22(14-16-25)12-11-21-7-3-1-4-8-21/h21-26H,1-10,13-20H2. The summed E-state index contributed by atoms with van der Waals surface area (Å²) in [6.07, 6.45) is 23.1. The van der Waals surface area contributed by atoms with E-state index in [2.05, 4.69) is 11.8 Å². The molecule has 0 unspecified atom stereocenters. The van der Waals surface area contributed by atoms with Crippen LogP contribution in [0.3, 0.4) is 0 Å². The van der Waals surface area contributed by atoms with E-state index in [1.54, 1.807) is 0 Å². The summed E-state index contributed by atoms with van der Waals surface area (Å²) in [4.78, 5) is 12.7. The van der Waals surface area contributed by atoms with Crippen molar-refractivity contribution in [2.75, 3.05) is 0 Å². The van der Waals surface area contributed by atoms with E-state index in [9.17, 15) is 4.79 Å². The van der Waals surface area contributed by atoms with Crippen molar-refractivity contribution in [3.05, 3.63) is 0 Å². The predicted octanol–water partition coefficient (Wildman–Crippen LogP) is 7.06. The fourth-order valence-corrected chi connectivity index (χ4v) is 6.50. The summed E-state index contributed by atoms with van der Waals surface area (Å²) in [7, 11) is 0. The van der Waals surface area contributed by atoms with Crippen LogP contribution in [-0.4, -0.2) is 12.1 Å². The second-order valence-electron chi connectivity index (χ2n) is 10.5. The Kier molecular flexibility index (Phi) is 7.98. The van der Waals surface area contributed by atoms with E-state index in [1.165, 1.54) is 77.0 Å². The maximum atomic E-state index is 12.7. The third kappa shape index (κ3) is 6.26. The highest BCUT2D eigenvalue weighted by Gasteiger charge is 2.32. The molecule has 4 rings (SSSR count). The number of hydrogen-bond acceptors (Lipinski definition) is 2. The van der Waals surface area contributed by atoms with Crippen molar-refractivity contribution in [2.45, 2.75) is 122 Å². The van der Waals surface area contributed by atoms with Crippen LogP contribution in [0.5, 0.6) is 0 Å². The van der Waals surface area contributed by atoms with Crippen LogP contribution in [0.4, 0.5) is 0 Å². The molecule has 0 bridgehead atoms. The predicted molar refractivity (Wildman–Crippen MR) is 118 cm³/mol. The minimum Gasteiger partial charge on any atom is -0.462 e. The maximum Gasteiger partial charge on any atom is 0.309 e. The number of esters is 1. The summed E-state index contributed by atoms with van der Waals surface area (Å²) in [5, 5.41) is 0. The van der Waals surface area contributed by atoms with Gasteiger partial charge in [0.05, 0.1) is 5.92 Å². The lowest BCUT2D eigenvalue weighted by Gasteiger charge is -2.36. The lowest BCUT2D eigenvalue weighted by Crippen LogP contribution is -2.31. The number of hydrogen-bond donors (Lipinski definition) is 0. The molecule has 2 heteroatoms. The van der Waals surface area contributed by atoms with Gasteiger partial charge in [0.25, 0.3) is 0 Å². The first-order valence-electron chi connectivity index (χ1n) is 13.0. The summed E-state index contributed by atoms with van der Waals surface area (Å²) in [6, 6.07) is 0. The Hall–Kier alpha value is -0.970. The van der Waals surface area contributed by atoms with Gasteiger partial charge in [-0.2, -0.15) is 0 Å². The van der Waals surface area contributed by atoms with E-state index >= 15 is 0 Å². The third-order valence-electron chi connectivity index (χ3n) is 8.48. The highest BCUT2D eigenvalue weighted by Crippen LogP contribution is 2.39. The normalized spacial score (nSPS) is 34.8. The van der Waals surface area contributed by atoms with Crippen molar-refractivity contribution < 1.29 is 9.53 Å². The lowest BCUT2D eigenvalue weighted by molar-refractivity contribution is -0.157. The molecule has 0 aromatic rings. The van der Waals surface area contributed by atoms with E-state index in [4.69, 9.17) is 4.74 Å². The molecule has 2 nitrogen and oxygen atoms in total. The molecule has 0 aliphatic heterocycles. The van der Waals surface area contributed by atoms with Crippen LogP contribution in [0.25, 0.3) is 0 Å². The second kappa shape index (κ2) is 10.9. The first-order valence-corrected chi connectivity index (χ1v) is 13.0. The van der Waals surface area contributed by atoms with Crippen LogP contribution < -0.4 is 0 Å². The van der Waals surface area contributed by atoms with Crippen LogP contribution in [0.1, 0.15) is 116 Å². The summed E-state index contributed by atoms with van der Waals surface area (Å²) in [5.41, 5.74) is 0. The van der Waals surface area contributed by atoms with Gasteiger partial charge in [-0.05, 0) is 76.0 Å². The van der Waals surface area contributed by atoms with E-state index < -0.39 is 0 Å². The first-order chi connectivity index (χ1) is 14.3. The number of rotatable bonds is 3. The highest BCUT2D eigenvalue weighted by molar-refractivity contribution is 5.72. The van der Waals surface area contributed by atoms with Gasteiger partial charge in [0.1, 0.15) is 6.10 Å². The van der Waals surface area contributed by atoms with Gasteiger partial charge in [0, 0.05) is 11.8 Å². The molecule has 0 heterocycles. The van der Waals surface area contributed by atoms with Gasteiger partial charge in [0.15, 0.2) is 0 Å². The maximum absolute atomic E-state index is 12.7. The van der Waals surface area contributed by atoms with E-state index in [0.29, 0.717) is 11.8 Å². The second-order valence-corrected chi connectivity index (χ2v) is 10.5. The van der Waals surface area contributed by atoms with Gasteiger partial charge >= 0.3 is 5.97 Å². The molecule has 0 atom stereocenters. The molecule has 4 aliphatic rings. The van der Waals surface area contributed by atoms with Crippen molar-refractivity contribution in [1.82, 2.24) is 0 Å². The Morgan fingerprint density at radius 2 is 1.07 bits per heavy atom. The van der Waals surface area contributed by atoms with Crippen molar-refractivity contribution in [1.29, 1.82) is 0 Å². The molecule has 0 amide bonds. The molecule has 0 N–H and O–H groups in total. The largest absolute Gasteiger partial charge is 0.462 e. The summed E-state index contributed by atoms with van der Waals surface area (Å²) < 4.78 is 5.98. The molecule has 4 aliphatic carbocycles. The molecule has 0 spiro atoms. The Morgan fingerprint density at radius 3 is 1.69 bits per heavy atom. The van der Waals surface area contributed by atoms with Gasteiger partial charge in [-0.25, -0.2) is 0 Å². The molecular formula is C27H42O2. The van der Waals surface area contributed by atoms with Crippen LogP contribution in [0.2, 0.25) is 0 Å². The van der Waals surface area contributed by atoms with Crippen molar-refractivity contribution in [3.8, 4) is 11.8 Å². The van der Waals surface area contributed by atoms with Gasteiger partial charge in [-0.3, -0.25) is 4.79 Å². The number of ether oxygens (including phenoxy) is 1. The van der Waals surface area contributed by atoms with Crippen LogP contribution in [0, 0.1) is 41.4 Å². The van der Waals surface area contributed by atoms with Crippen molar-refractivity contribution >= 4 is 5.97 Å². The summed E-state index contributed by atoms with van der Waals surface area (Å²) in [5.74, 6) is 10.4. The summed E-state index contributed by atoms with van der Waals surface area (Å²) >= 11 is 0.